The van der Waals surface area contributed by atoms with Crippen LogP contribution in [0.3, 0.4) is 0 Å². The summed E-state index contributed by atoms with van der Waals surface area (Å²) in [6.07, 6.45) is 0. The Kier molecular flexibility index (Phi) is 6.26. The summed E-state index contributed by atoms with van der Waals surface area (Å²) < 4.78 is 12.8. The highest BCUT2D eigenvalue weighted by molar-refractivity contribution is 6.10. The zero-order chi connectivity index (χ0) is 25.2. The zero-order valence-corrected chi connectivity index (χ0v) is 20.3. The van der Waals surface area contributed by atoms with E-state index in [-0.39, 0.29) is 25.0 Å². The Labute approximate surface area is 207 Å². The minimum atomic E-state index is -0.247. The van der Waals surface area contributed by atoms with Crippen molar-refractivity contribution in [2.45, 2.75) is 13.5 Å². The zero-order valence-electron chi connectivity index (χ0n) is 20.3. The summed E-state index contributed by atoms with van der Waals surface area (Å²) in [5, 5.41) is 7.87. The van der Waals surface area contributed by atoms with Crippen LogP contribution in [0, 0.1) is 6.92 Å². The standard InChI is InChI=1S/C28H26N4O4/c1-17-23(31-28(36-17)19-7-6-8-20(13-19)30-26(33)16-35-3)15-29-27(34)18-11-12-25-22(14-18)21-9-4-5-10-24(21)32(25)2/h4-14H,15-16H2,1-3H3,(H,29,34)(H,30,33). The molecule has 2 heterocycles. The van der Waals surface area contributed by atoms with E-state index < -0.39 is 0 Å². The van der Waals surface area contributed by atoms with Crippen molar-refractivity contribution in [1.29, 1.82) is 0 Å². The van der Waals surface area contributed by atoms with Crippen molar-refractivity contribution in [3.05, 3.63) is 83.7 Å². The summed E-state index contributed by atoms with van der Waals surface area (Å²) in [5.74, 6) is 0.598. The fourth-order valence-electron chi connectivity index (χ4n) is 4.35. The maximum absolute atomic E-state index is 13.0. The van der Waals surface area contributed by atoms with Gasteiger partial charge >= 0.3 is 0 Å². The average molecular weight is 483 g/mol. The van der Waals surface area contributed by atoms with Gasteiger partial charge in [-0.1, -0.05) is 24.3 Å². The van der Waals surface area contributed by atoms with Crippen LogP contribution in [0.1, 0.15) is 21.8 Å². The smallest absolute Gasteiger partial charge is 0.251 e. The second-order valence-electron chi connectivity index (χ2n) is 8.57. The first kappa shape index (κ1) is 23.3. The lowest BCUT2D eigenvalue weighted by Crippen LogP contribution is -2.23. The van der Waals surface area contributed by atoms with Crippen LogP contribution in [0.2, 0.25) is 0 Å². The maximum Gasteiger partial charge on any atom is 0.251 e. The van der Waals surface area contributed by atoms with E-state index in [1.54, 1.807) is 12.1 Å². The fourth-order valence-corrected chi connectivity index (χ4v) is 4.35. The van der Waals surface area contributed by atoms with Gasteiger partial charge in [-0.2, -0.15) is 0 Å². The molecule has 36 heavy (non-hydrogen) atoms. The molecule has 8 heteroatoms. The van der Waals surface area contributed by atoms with Crippen LogP contribution in [0.5, 0.6) is 0 Å². The second-order valence-corrected chi connectivity index (χ2v) is 8.57. The molecule has 5 aromatic rings. The van der Waals surface area contributed by atoms with Crippen molar-refractivity contribution >= 4 is 39.3 Å². The van der Waals surface area contributed by atoms with Gasteiger partial charge in [-0.25, -0.2) is 4.98 Å². The molecule has 3 aromatic carbocycles. The van der Waals surface area contributed by atoms with Gasteiger partial charge in [0.05, 0.1) is 6.54 Å². The van der Waals surface area contributed by atoms with Crippen LogP contribution in [0.25, 0.3) is 33.3 Å². The number of aryl methyl sites for hydroxylation is 2. The summed E-state index contributed by atoms with van der Waals surface area (Å²) in [7, 11) is 3.49. The van der Waals surface area contributed by atoms with Crippen molar-refractivity contribution in [3.63, 3.8) is 0 Å². The third-order valence-electron chi connectivity index (χ3n) is 6.15. The quantitative estimate of drug-likeness (QED) is 0.347. The molecule has 0 fully saturated rings. The Morgan fingerprint density at radius 3 is 2.64 bits per heavy atom. The Morgan fingerprint density at radius 1 is 1.00 bits per heavy atom. The minimum absolute atomic E-state index is 0.0282. The van der Waals surface area contributed by atoms with Gasteiger partial charge in [-0.05, 0) is 49.4 Å². The van der Waals surface area contributed by atoms with Crippen LogP contribution in [0.4, 0.5) is 5.69 Å². The summed E-state index contributed by atoms with van der Waals surface area (Å²) in [5.41, 5.74) is 4.75. The van der Waals surface area contributed by atoms with Crippen LogP contribution in [0.15, 0.2) is 71.1 Å². The summed E-state index contributed by atoms with van der Waals surface area (Å²) in [4.78, 5) is 29.3. The molecule has 0 bridgehead atoms. The molecule has 0 radical (unpaired) electrons. The number of para-hydroxylation sites is 1. The number of ether oxygens (including phenoxy) is 1. The number of oxazole rings is 1. The number of hydrogen-bond donors (Lipinski definition) is 2. The number of anilines is 1. The highest BCUT2D eigenvalue weighted by atomic mass is 16.5. The number of fused-ring (bicyclic) bond motifs is 3. The molecule has 0 saturated heterocycles. The number of nitrogens with one attached hydrogen (secondary N) is 2. The highest BCUT2D eigenvalue weighted by Gasteiger charge is 2.15. The first-order chi connectivity index (χ1) is 17.4. The molecule has 0 aliphatic rings. The molecular weight excluding hydrogens is 456 g/mol. The number of aromatic nitrogens is 2. The molecule has 0 spiro atoms. The van der Waals surface area contributed by atoms with Gasteiger partial charge in [0.25, 0.3) is 5.91 Å². The lowest BCUT2D eigenvalue weighted by Gasteiger charge is -2.05. The fraction of sp³-hybridized carbons (Fsp3) is 0.179. The molecular formula is C28H26N4O4. The molecule has 0 atom stereocenters. The minimum Gasteiger partial charge on any atom is -0.441 e. The van der Waals surface area contributed by atoms with Crippen molar-refractivity contribution < 1.29 is 18.7 Å². The van der Waals surface area contributed by atoms with Gasteiger partial charge in [0.15, 0.2) is 0 Å². The highest BCUT2D eigenvalue weighted by Crippen LogP contribution is 2.29. The van der Waals surface area contributed by atoms with Crippen LogP contribution in [-0.2, 0) is 23.1 Å². The number of nitrogens with zero attached hydrogens (tertiary/aromatic N) is 2. The molecule has 0 unspecified atom stereocenters. The second kappa shape index (κ2) is 9.67. The number of hydrogen-bond acceptors (Lipinski definition) is 5. The van der Waals surface area contributed by atoms with Crippen LogP contribution in [-0.4, -0.2) is 35.1 Å². The van der Waals surface area contributed by atoms with Gasteiger partial charge in [-0.15, -0.1) is 0 Å². The molecule has 0 aliphatic heterocycles. The molecule has 5 rings (SSSR count). The molecule has 2 N–H and O–H groups in total. The monoisotopic (exact) mass is 482 g/mol. The SMILES string of the molecule is COCC(=O)Nc1cccc(-c2nc(CNC(=O)c3ccc4c(c3)c3ccccc3n4C)c(C)o2)c1. The molecule has 0 saturated carbocycles. The number of amides is 2. The summed E-state index contributed by atoms with van der Waals surface area (Å²) in [6.45, 7) is 2.01. The number of carbonyl (C=O) groups is 2. The van der Waals surface area contributed by atoms with Crippen molar-refractivity contribution in [3.8, 4) is 11.5 Å². The predicted octanol–water partition coefficient (Wildman–Crippen LogP) is 4.81. The molecule has 182 valence electrons. The number of carbonyl (C=O) groups excluding carboxylic acids is 2. The van der Waals surface area contributed by atoms with E-state index in [4.69, 9.17) is 9.15 Å². The third-order valence-corrected chi connectivity index (χ3v) is 6.15. The average Bonchev–Trinajstić information content (AvgIpc) is 3.40. The van der Waals surface area contributed by atoms with Crippen LogP contribution < -0.4 is 10.6 Å². The van der Waals surface area contributed by atoms with Crippen LogP contribution >= 0.6 is 0 Å². The van der Waals surface area contributed by atoms with Gasteiger partial charge < -0.3 is 24.4 Å². The molecule has 2 amide bonds. The lowest BCUT2D eigenvalue weighted by atomic mass is 10.1. The molecule has 8 nitrogen and oxygen atoms in total. The number of methoxy groups -OCH3 is 1. The van der Waals surface area contributed by atoms with Crippen molar-refractivity contribution in [2.75, 3.05) is 19.0 Å². The van der Waals surface area contributed by atoms with Gasteiger partial charge in [0.1, 0.15) is 18.1 Å². The van der Waals surface area contributed by atoms with E-state index >= 15 is 0 Å². The Balaban J connectivity index is 1.32. The Bertz CT molecular complexity index is 1600. The number of benzene rings is 3. The van der Waals surface area contributed by atoms with E-state index in [0.717, 1.165) is 21.8 Å². The van der Waals surface area contributed by atoms with Gasteiger partial charge in [0, 0.05) is 52.8 Å². The first-order valence-corrected chi connectivity index (χ1v) is 11.6. The van der Waals surface area contributed by atoms with E-state index in [2.05, 4.69) is 32.3 Å². The normalized spacial score (nSPS) is 11.2. The Morgan fingerprint density at radius 2 is 1.81 bits per heavy atom. The lowest BCUT2D eigenvalue weighted by molar-refractivity contribution is -0.119. The van der Waals surface area contributed by atoms with E-state index in [0.29, 0.717) is 34.2 Å². The molecule has 0 aliphatic carbocycles. The largest absolute Gasteiger partial charge is 0.441 e. The van der Waals surface area contributed by atoms with Gasteiger partial charge in [0.2, 0.25) is 11.8 Å². The molecule has 2 aromatic heterocycles. The van der Waals surface area contributed by atoms with Gasteiger partial charge in [-0.3, -0.25) is 9.59 Å². The van der Waals surface area contributed by atoms with Crippen molar-refractivity contribution in [2.24, 2.45) is 7.05 Å². The number of rotatable bonds is 7. The van der Waals surface area contributed by atoms with E-state index in [9.17, 15) is 9.59 Å². The third kappa shape index (κ3) is 4.46. The predicted molar refractivity (Wildman–Crippen MR) is 139 cm³/mol. The first-order valence-electron chi connectivity index (χ1n) is 11.6. The topological polar surface area (TPSA) is 98.4 Å². The summed E-state index contributed by atoms with van der Waals surface area (Å²) >= 11 is 0. The Hall–Kier alpha value is -4.43. The van der Waals surface area contributed by atoms with Crippen molar-refractivity contribution in [1.82, 2.24) is 14.9 Å². The van der Waals surface area contributed by atoms with E-state index in [1.807, 2.05) is 56.4 Å². The summed E-state index contributed by atoms with van der Waals surface area (Å²) in [6, 6.07) is 21.1. The van der Waals surface area contributed by atoms with E-state index in [1.165, 1.54) is 7.11 Å². The maximum atomic E-state index is 13.0.